The number of fused-ring (bicyclic) bond motifs is 1. The van der Waals surface area contributed by atoms with E-state index in [4.69, 9.17) is 9.47 Å². The highest BCUT2D eigenvalue weighted by molar-refractivity contribution is 5.84. The SMILES string of the molecule is CC(Nc1ccc2c(c1)OCCCO2)C(=O)N1CCC(Cc2ccccc2)CC1. The third-order valence-electron chi connectivity index (χ3n) is 5.79. The molecule has 2 aromatic rings. The number of hydrogen-bond donors (Lipinski definition) is 1. The molecule has 2 aromatic carbocycles. The first-order valence-corrected chi connectivity index (χ1v) is 10.7. The molecule has 1 amide bonds. The smallest absolute Gasteiger partial charge is 0.244 e. The summed E-state index contributed by atoms with van der Waals surface area (Å²) < 4.78 is 11.4. The number of piperidine rings is 1. The molecule has 4 rings (SSSR count). The summed E-state index contributed by atoms with van der Waals surface area (Å²) in [5.41, 5.74) is 2.27. The molecule has 1 saturated heterocycles. The van der Waals surface area contributed by atoms with Crippen LogP contribution in [-0.2, 0) is 11.2 Å². The van der Waals surface area contributed by atoms with Crippen LogP contribution in [0, 0.1) is 5.92 Å². The summed E-state index contributed by atoms with van der Waals surface area (Å²) in [5, 5.41) is 3.33. The van der Waals surface area contributed by atoms with Gasteiger partial charge < -0.3 is 19.7 Å². The van der Waals surface area contributed by atoms with Crippen LogP contribution in [0.2, 0.25) is 0 Å². The maximum Gasteiger partial charge on any atom is 0.244 e. The lowest BCUT2D eigenvalue weighted by Crippen LogP contribution is -2.45. The maximum atomic E-state index is 12.9. The minimum Gasteiger partial charge on any atom is -0.490 e. The minimum atomic E-state index is -0.273. The van der Waals surface area contributed by atoms with Crippen LogP contribution in [-0.4, -0.2) is 43.2 Å². The van der Waals surface area contributed by atoms with E-state index in [-0.39, 0.29) is 11.9 Å². The monoisotopic (exact) mass is 394 g/mol. The molecule has 29 heavy (non-hydrogen) atoms. The van der Waals surface area contributed by atoms with E-state index in [0.717, 1.165) is 56.0 Å². The van der Waals surface area contributed by atoms with Crippen molar-refractivity contribution < 1.29 is 14.3 Å². The van der Waals surface area contributed by atoms with Crippen LogP contribution < -0.4 is 14.8 Å². The van der Waals surface area contributed by atoms with Crippen molar-refractivity contribution in [1.82, 2.24) is 4.90 Å². The molecule has 0 aromatic heterocycles. The predicted molar refractivity (Wildman–Crippen MR) is 115 cm³/mol. The molecule has 5 heteroatoms. The lowest BCUT2D eigenvalue weighted by atomic mass is 9.90. The van der Waals surface area contributed by atoms with Gasteiger partial charge in [0.05, 0.1) is 13.2 Å². The molecular formula is C24H30N2O3. The lowest BCUT2D eigenvalue weighted by molar-refractivity contribution is -0.133. The summed E-state index contributed by atoms with van der Waals surface area (Å²) in [6.45, 7) is 4.94. The highest BCUT2D eigenvalue weighted by Gasteiger charge is 2.26. The van der Waals surface area contributed by atoms with Crippen molar-refractivity contribution in [1.29, 1.82) is 0 Å². The molecule has 0 saturated carbocycles. The van der Waals surface area contributed by atoms with Gasteiger partial charge >= 0.3 is 0 Å². The number of rotatable bonds is 5. The molecule has 1 unspecified atom stereocenters. The molecule has 2 heterocycles. The van der Waals surface area contributed by atoms with E-state index >= 15 is 0 Å². The van der Waals surface area contributed by atoms with Crippen molar-refractivity contribution in [3.63, 3.8) is 0 Å². The molecule has 0 radical (unpaired) electrons. The maximum absolute atomic E-state index is 12.9. The summed E-state index contributed by atoms with van der Waals surface area (Å²) in [5.74, 6) is 2.34. The van der Waals surface area contributed by atoms with Gasteiger partial charge in [0, 0.05) is 31.3 Å². The third kappa shape index (κ3) is 5.03. The quantitative estimate of drug-likeness (QED) is 0.828. The first-order valence-electron chi connectivity index (χ1n) is 10.7. The number of benzene rings is 2. The number of amides is 1. The molecule has 0 spiro atoms. The van der Waals surface area contributed by atoms with E-state index in [1.54, 1.807) is 0 Å². The number of nitrogens with one attached hydrogen (secondary N) is 1. The number of hydrogen-bond acceptors (Lipinski definition) is 4. The highest BCUT2D eigenvalue weighted by Crippen LogP contribution is 2.32. The molecule has 1 N–H and O–H groups in total. The number of ether oxygens (including phenoxy) is 2. The lowest BCUT2D eigenvalue weighted by Gasteiger charge is -2.34. The average molecular weight is 395 g/mol. The van der Waals surface area contributed by atoms with Crippen LogP contribution in [0.5, 0.6) is 11.5 Å². The van der Waals surface area contributed by atoms with E-state index in [1.165, 1.54) is 5.56 Å². The molecule has 0 aliphatic carbocycles. The fourth-order valence-electron chi connectivity index (χ4n) is 4.14. The zero-order chi connectivity index (χ0) is 20.1. The highest BCUT2D eigenvalue weighted by atomic mass is 16.5. The van der Waals surface area contributed by atoms with Gasteiger partial charge in [-0.25, -0.2) is 0 Å². The predicted octanol–water partition coefficient (Wildman–Crippen LogP) is 4.13. The van der Waals surface area contributed by atoms with Crippen LogP contribution in [0.1, 0.15) is 31.7 Å². The van der Waals surface area contributed by atoms with Crippen molar-refractivity contribution in [2.45, 2.75) is 38.6 Å². The van der Waals surface area contributed by atoms with Crippen molar-refractivity contribution in [3.8, 4) is 11.5 Å². The van der Waals surface area contributed by atoms with Gasteiger partial charge in [0.25, 0.3) is 0 Å². The Morgan fingerprint density at radius 1 is 1.07 bits per heavy atom. The van der Waals surface area contributed by atoms with Crippen molar-refractivity contribution >= 4 is 11.6 Å². The van der Waals surface area contributed by atoms with Gasteiger partial charge in [-0.1, -0.05) is 30.3 Å². The van der Waals surface area contributed by atoms with E-state index in [2.05, 4.69) is 35.6 Å². The number of anilines is 1. The molecule has 2 aliphatic heterocycles. The summed E-state index contributed by atoms with van der Waals surface area (Å²) in [7, 11) is 0. The van der Waals surface area contributed by atoms with E-state index in [9.17, 15) is 4.79 Å². The Hall–Kier alpha value is -2.69. The molecule has 1 fully saturated rings. The van der Waals surface area contributed by atoms with Crippen LogP contribution in [0.4, 0.5) is 5.69 Å². The summed E-state index contributed by atoms with van der Waals surface area (Å²) in [4.78, 5) is 14.9. The average Bonchev–Trinajstić information content (AvgIpc) is 2.99. The van der Waals surface area contributed by atoms with Gasteiger partial charge in [0.15, 0.2) is 11.5 Å². The first-order chi connectivity index (χ1) is 14.2. The summed E-state index contributed by atoms with van der Waals surface area (Å²) in [6.07, 6.45) is 4.12. The largest absolute Gasteiger partial charge is 0.490 e. The zero-order valence-electron chi connectivity index (χ0n) is 17.1. The Labute approximate surface area is 173 Å². The number of carbonyl (C=O) groups is 1. The van der Waals surface area contributed by atoms with Crippen molar-refractivity contribution in [3.05, 3.63) is 54.1 Å². The fraction of sp³-hybridized carbons (Fsp3) is 0.458. The second kappa shape index (κ2) is 9.21. The standard InChI is InChI=1S/C24H30N2O3/c1-18(25-21-8-9-22-23(17-21)29-15-5-14-28-22)24(27)26-12-10-20(11-13-26)16-19-6-3-2-4-7-19/h2-4,6-9,17-18,20,25H,5,10-16H2,1H3. The summed E-state index contributed by atoms with van der Waals surface area (Å²) in [6, 6.07) is 16.2. The number of carbonyl (C=O) groups excluding carboxylic acids is 1. The number of nitrogens with zero attached hydrogens (tertiary/aromatic N) is 1. The fourth-order valence-corrected chi connectivity index (χ4v) is 4.14. The molecule has 2 aliphatic rings. The van der Waals surface area contributed by atoms with E-state index in [0.29, 0.717) is 19.1 Å². The normalized spacial score (nSPS) is 18.0. The second-order valence-electron chi connectivity index (χ2n) is 8.04. The van der Waals surface area contributed by atoms with E-state index in [1.807, 2.05) is 30.0 Å². The van der Waals surface area contributed by atoms with Crippen LogP contribution in [0.15, 0.2) is 48.5 Å². The minimum absolute atomic E-state index is 0.162. The molecule has 0 bridgehead atoms. The zero-order valence-corrected chi connectivity index (χ0v) is 17.1. The Balaban J connectivity index is 1.29. The van der Waals surface area contributed by atoms with Gasteiger partial charge in [-0.2, -0.15) is 0 Å². The Morgan fingerprint density at radius 2 is 1.79 bits per heavy atom. The second-order valence-corrected chi connectivity index (χ2v) is 8.04. The van der Waals surface area contributed by atoms with Gasteiger partial charge in [-0.3, -0.25) is 4.79 Å². The van der Waals surface area contributed by atoms with Crippen LogP contribution in [0.3, 0.4) is 0 Å². The van der Waals surface area contributed by atoms with E-state index < -0.39 is 0 Å². The number of likely N-dealkylation sites (tertiary alicyclic amines) is 1. The Bertz CT molecular complexity index is 816. The van der Waals surface area contributed by atoms with Gasteiger partial charge in [0.2, 0.25) is 5.91 Å². The summed E-state index contributed by atoms with van der Waals surface area (Å²) >= 11 is 0. The van der Waals surface area contributed by atoms with Crippen molar-refractivity contribution in [2.75, 3.05) is 31.6 Å². The third-order valence-corrected chi connectivity index (χ3v) is 5.79. The molecule has 5 nitrogen and oxygen atoms in total. The Morgan fingerprint density at radius 3 is 2.55 bits per heavy atom. The van der Waals surface area contributed by atoms with Gasteiger partial charge in [0.1, 0.15) is 6.04 Å². The topological polar surface area (TPSA) is 50.8 Å². The molecule has 1 atom stereocenters. The Kier molecular flexibility index (Phi) is 6.23. The van der Waals surface area contributed by atoms with Gasteiger partial charge in [-0.05, 0) is 49.8 Å². The van der Waals surface area contributed by atoms with Crippen molar-refractivity contribution in [2.24, 2.45) is 5.92 Å². The van der Waals surface area contributed by atoms with Crippen LogP contribution >= 0.6 is 0 Å². The first kappa shape index (κ1) is 19.6. The van der Waals surface area contributed by atoms with Gasteiger partial charge in [-0.15, -0.1) is 0 Å². The van der Waals surface area contributed by atoms with Crippen LogP contribution in [0.25, 0.3) is 0 Å². The molecular weight excluding hydrogens is 364 g/mol. The molecule has 154 valence electrons.